The summed E-state index contributed by atoms with van der Waals surface area (Å²) in [6, 6.07) is 0. The normalized spacial score (nSPS) is 25.2. The zero-order valence-electron chi connectivity index (χ0n) is 18.8. The lowest BCUT2D eigenvalue weighted by atomic mass is 9.94. The molecular weight excluding hydrogens is 384 g/mol. The monoisotopic (exact) mass is 422 g/mol. The molecule has 2 aliphatic heterocycles. The molecule has 7 nitrogen and oxygen atoms in total. The predicted molar refractivity (Wildman–Crippen MR) is 113 cm³/mol. The fraction of sp³-hybridized carbons (Fsp3) is 0.870. The number of hydrogen-bond donors (Lipinski definition) is 1. The van der Waals surface area contributed by atoms with Gasteiger partial charge in [-0.1, -0.05) is 25.7 Å². The Hall–Kier alpha value is -1.79. The van der Waals surface area contributed by atoms with E-state index >= 15 is 0 Å². The van der Waals surface area contributed by atoms with E-state index in [1.807, 2.05) is 25.7 Å². The van der Waals surface area contributed by atoms with Gasteiger partial charge < -0.3 is 14.7 Å². The van der Waals surface area contributed by atoms with E-state index in [-0.39, 0.29) is 17.9 Å². The van der Waals surface area contributed by atoms with E-state index in [1.165, 1.54) is 12.8 Å². The minimum atomic E-state index is -0.721. The van der Waals surface area contributed by atoms with Gasteiger partial charge in [-0.25, -0.2) is 4.79 Å². The lowest BCUT2D eigenvalue weighted by Gasteiger charge is -2.34. The van der Waals surface area contributed by atoms with Crippen LogP contribution < -0.4 is 0 Å². The van der Waals surface area contributed by atoms with Gasteiger partial charge in [-0.15, -0.1) is 0 Å². The lowest BCUT2D eigenvalue weighted by molar-refractivity contribution is -0.142. The van der Waals surface area contributed by atoms with E-state index in [0.717, 1.165) is 38.5 Å². The van der Waals surface area contributed by atoms with Crippen molar-refractivity contribution in [3.05, 3.63) is 0 Å². The highest BCUT2D eigenvalue weighted by atomic mass is 16.6. The highest BCUT2D eigenvalue weighted by molar-refractivity contribution is 5.92. The molecule has 170 valence electrons. The molecule has 30 heavy (non-hydrogen) atoms. The zero-order chi connectivity index (χ0) is 21.9. The summed E-state index contributed by atoms with van der Waals surface area (Å²) in [5.74, 6) is -0.191. The van der Waals surface area contributed by atoms with E-state index in [1.54, 1.807) is 4.90 Å². The van der Waals surface area contributed by atoms with E-state index in [9.17, 15) is 19.5 Å². The molecule has 2 atom stereocenters. The second-order valence-corrected chi connectivity index (χ2v) is 10.4. The summed E-state index contributed by atoms with van der Waals surface area (Å²) in [6.07, 6.45) is 8.45. The topological polar surface area (TPSA) is 87.2 Å². The summed E-state index contributed by atoms with van der Waals surface area (Å²) >= 11 is 0. The first-order valence-corrected chi connectivity index (χ1v) is 11.7. The number of amides is 2. The van der Waals surface area contributed by atoms with Crippen LogP contribution >= 0.6 is 0 Å². The van der Waals surface area contributed by atoms with Crippen LogP contribution in [-0.4, -0.2) is 63.7 Å². The Balaban J connectivity index is 1.44. The molecule has 3 fully saturated rings. The quantitative estimate of drug-likeness (QED) is 0.567. The first-order valence-electron chi connectivity index (χ1n) is 11.7. The van der Waals surface area contributed by atoms with Crippen molar-refractivity contribution in [1.29, 1.82) is 0 Å². The predicted octanol–water partition coefficient (Wildman–Crippen LogP) is 4.05. The third-order valence-electron chi connectivity index (χ3n) is 6.73. The van der Waals surface area contributed by atoms with Crippen molar-refractivity contribution in [2.75, 3.05) is 19.6 Å². The number of nitrogens with zero attached hydrogens (tertiary/aromatic N) is 2. The molecule has 3 rings (SSSR count). The Morgan fingerprint density at radius 1 is 1.17 bits per heavy atom. The maximum Gasteiger partial charge on any atom is 0.411 e. The highest BCUT2D eigenvalue weighted by Crippen LogP contribution is 2.40. The van der Waals surface area contributed by atoms with Crippen LogP contribution in [0.5, 0.6) is 0 Å². The molecule has 1 saturated carbocycles. The number of carboxylic acids is 1. The van der Waals surface area contributed by atoms with Gasteiger partial charge in [-0.05, 0) is 65.2 Å². The smallest absolute Gasteiger partial charge is 0.411 e. The minimum absolute atomic E-state index is 0.0583. The van der Waals surface area contributed by atoms with Crippen LogP contribution in [0.2, 0.25) is 0 Å². The number of carbonyl (C=O) groups excluding carboxylic acids is 2. The molecule has 0 aromatic rings. The van der Waals surface area contributed by atoms with E-state index < -0.39 is 17.1 Å². The summed E-state index contributed by atoms with van der Waals surface area (Å²) in [4.78, 5) is 40.8. The number of rotatable bonds is 9. The molecule has 7 heteroatoms. The number of unbranched alkanes of at least 4 members (excludes halogenated alkanes) is 2. The van der Waals surface area contributed by atoms with Gasteiger partial charge in [0.15, 0.2) is 0 Å². The van der Waals surface area contributed by atoms with Crippen LogP contribution in [0.15, 0.2) is 0 Å². The number of likely N-dealkylation sites (tertiary alicyclic amines) is 2. The summed E-state index contributed by atoms with van der Waals surface area (Å²) in [5, 5.41) is 9.38. The summed E-state index contributed by atoms with van der Waals surface area (Å²) in [6.45, 7) is 7.47. The number of ether oxygens (including phenoxy) is 1. The molecule has 1 N–H and O–H groups in total. The molecule has 1 aliphatic carbocycles. The van der Waals surface area contributed by atoms with Crippen molar-refractivity contribution in [1.82, 2.24) is 9.80 Å². The van der Waals surface area contributed by atoms with Gasteiger partial charge in [-0.3, -0.25) is 14.5 Å². The van der Waals surface area contributed by atoms with Crippen molar-refractivity contribution in [2.24, 2.45) is 11.8 Å². The van der Waals surface area contributed by atoms with Gasteiger partial charge in [0, 0.05) is 19.6 Å². The number of carbonyl (C=O) groups is 3. The van der Waals surface area contributed by atoms with Crippen molar-refractivity contribution >= 4 is 18.0 Å². The first kappa shape index (κ1) is 22.9. The fourth-order valence-corrected chi connectivity index (χ4v) is 4.95. The summed E-state index contributed by atoms with van der Waals surface area (Å²) < 4.78 is 5.55. The largest absolute Gasteiger partial charge is 0.481 e. The van der Waals surface area contributed by atoms with Crippen LogP contribution in [0.4, 0.5) is 4.79 Å². The third-order valence-corrected chi connectivity index (χ3v) is 6.73. The molecule has 1 spiro atoms. The second-order valence-electron chi connectivity index (χ2n) is 10.4. The minimum Gasteiger partial charge on any atom is -0.481 e. The average Bonchev–Trinajstić information content (AvgIpc) is 3.28. The van der Waals surface area contributed by atoms with E-state index in [2.05, 4.69) is 0 Å². The number of aliphatic carboxylic acids is 1. The van der Waals surface area contributed by atoms with Crippen molar-refractivity contribution < 1.29 is 24.2 Å². The standard InChI is InChI=1S/C23H38N2O5/c1-22(2,3)30-21(29)25-14-7-11-23(25)12-15-24(20(23)28)13-6-4-5-8-18(19(26)27)16-17-9-10-17/h17-18H,4-16H2,1-3H3,(H,26,27). The molecule has 2 saturated heterocycles. The Morgan fingerprint density at radius 3 is 2.53 bits per heavy atom. The van der Waals surface area contributed by atoms with Crippen molar-refractivity contribution in [3.8, 4) is 0 Å². The van der Waals surface area contributed by atoms with Gasteiger partial charge in [-0.2, -0.15) is 0 Å². The van der Waals surface area contributed by atoms with Crippen LogP contribution in [0.25, 0.3) is 0 Å². The third kappa shape index (κ3) is 5.46. The van der Waals surface area contributed by atoms with Crippen molar-refractivity contribution in [2.45, 2.75) is 96.1 Å². The molecular formula is C23H38N2O5. The molecule has 0 bridgehead atoms. The lowest BCUT2D eigenvalue weighted by Crippen LogP contribution is -2.53. The molecule has 2 amide bonds. The first-order chi connectivity index (χ1) is 14.1. The molecule has 2 heterocycles. The van der Waals surface area contributed by atoms with Gasteiger partial charge in [0.2, 0.25) is 5.91 Å². The zero-order valence-corrected chi connectivity index (χ0v) is 18.8. The van der Waals surface area contributed by atoms with Gasteiger partial charge >= 0.3 is 12.1 Å². The number of hydrogen-bond acceptors (Lipinski definition) is 4. The Labute approximate surface area is 180 Å². The van der Waals surface area contributed by atoms with E-state index in [0.29, 0.717) is 38.4 Å². The van der Waals surface area contributed by atoms with Gasteiger partial charge in [0.1, 0.15) is 11.1 Å². The Bertz CT molecular complexity index is 654. The molecule has 3 aliphatic rings. The second kappa shape index (κ2) is 9.15. The Morgan fingerprint density at radius 2 is 1.90 bits per heavy atom. The SMILES string of the molecule is CC(C)(C)OC(=O)N1CCCC12CCN(CCCCCC(CC1CC1)C(=O)O)C2=O. The van der Waals surface area contributed by atoms with Gasteiger partial charge in [0.05, 0.1) is 5.92 Å². The van der Waals surface area contributed by atoms with Crippen molar-refractivity contribution in [3.63, 3.8) is 0 Å². The molecule has 2 unspecified atom stereocenters. The van der Waals surface area contributed by atoms with Crippen LogP contribution in [0.3, 0.4) is 0 Å². The maximum absolute atomic E-state index is 13.2. The van der Waals surface area contributed by atoms with Crippen LogP contribution in [-0.2, 0) is 14.3 Å². The highest BCUT2D eigenvalue weighted by Gasteiger charge is 2.55. The van der Waals surface area contributed by atoms with Crippen LogP contribution in [0, 0.1) is 11.8 Å². The molecule has 0 radical (unpaired) electrons. The molecule has 0 aromatic heterocycles. The van der Waals surface area contributed by atoms with Gasteiger partial charge in [0.25, 0.3) is 0 Å². The number of carboxylic acid groups (broad SMARTS) is 1. The summed E-state index contributed by atoms with van der Waals surface area (Å²) in [5.41, 5.74) is -1.30. The molecule has 0 aromatic carbocycles. The van der Waals surface area contributed by atoms with Crippen LogP contribution in [0.1, 0.15) is 85.0 Å². The summed E-state index contributed by atoms with van der Waals surface area (Å²) in [7, 11) is 0. The Kier molecular flexibility index (Phi) is 6.98. The van der Waals surface area contributed by atoms with E-state index in [4.69, 9.17) is 4.74 Å². The average molecular weight is 423 g/mol. The maximum atomic E-state index is 13.2. The fourth-order valence-electron chi connectivity index (χ4n) is 4.95.